The Hall–Kier alpha value is -8.72. The van der Waals surface area contributed by atoms with Crippen molar-refractivity contribution in [2.24, 2.45) is 0 Å². The highest BCUT2D eigenvalue weighted by atomic mass is 19.4. The first-order valence-corrected chi connectivity index (χ1v) is 30.9. The van der Waals surface area contributed by atoms with E-state index >= 15 is 0 Å². The average Bonchev–Trinajstić information content (AvgIpc) is 0.776. The molecule has 1 N–H and O–H groups in total. The van der Waals surface area contributed by atoms with Crippen molar-refractivity contribution in [3.8, 4) is 0 Å². The Morgan fingerprint density at radius 1 is 0.432 bits per heavy atom. The fraction of sp³-hybridized carbons (Fsp3) is 0.347. The zero-order valence-electron chi connectivity index (χ0n) is 51.7. The Balaban J connectivity index is 1.07. The van der Waals surface area contributed by atoms with Gasteiger partial charge < -0.3 is 71.6 Å². The monoisotopic (exact) mass is 1310 g/mol. The molecule has 3 aliphatic heterocycles. The highest BCUT2D eigenvalue weighted by Gasteiger charge is 2.57. The number of benzene rings is 7. The Morgan fingerprint density at radius 2 is 0.821 bits per heavy atom. The van der Waals surface area contributed by atoms with Crippen LogP contribution in [-0.2, 0) is 102 Å². The van der Waals surface area contributed by atoms with Crippen LogP contribution in [-0.4, -0.2) is 149 Å². The quantitative estimate of drug-likeness (QED) is 0.0261. The van der Waals surface area contributed by atoms with Gasteiger partial charge >= 0.3 is 36.0 Å². The molecule has 0 bridgehead atoms. The second-order valence-electron chi connectivity index (χ2n) is 22.3. The molecule has 0 aliphatic carbocycles. The third-order valence-corrected chi connectivity index (χ3v) is 15.5. The zero-order valence-corrected chi connectivity index (χ0v) is 51.7. The van der Waals surface area contributed by atoms with Crippen molar-refractivity contribution in [3.05, 3.63) is 251 Å². The van der Waals surface area contributed by atoms with Gasteiger partial charge in [0.05, 0.1) is 62.9 Å². The molecule has 3 saturated heterocycles. The number of ether oxygens (including phenoxy) is 14. The van der Waals surface area contributed by atoms with Crippen LogP contribution in [0, 0.1) is 0 Å². The number of carbonyl (C=O) groups is 5. The first kappa shape index (κ1) is 69.1. The maximum atomic E-state index is 14.6. The molecule has 0 saturated carbocycles. The molecule has 7 aromatic carbocycles. The van der Waals surface area contributed by atoms with Gasteiger partial charge in [-0.3, -0.25) is 9.59 Å². The molecule has 0 radical (unpaired) electrons. The summed E-state index contributed by atoms with van der Waals surface area (Å²) < 4.78 is 133. The van der Waals surface area contributed by atoms with Gasteiger partial charge in [0.2, 0.25) is 0 Å². The molecule has 500 valence electrons. The van der Waals surface area contributed by atoms with E-state index in [2.05, 4.69) is 0 Å². The van der Waals surface area contributed by atoms with E-state index in [-0.39, 0.29) is 62.8 Å². The fourth-order valence-electron chi connectivity index (χ4n) is 10.7. The number of carbonyl (C=O) groups excluding carboxylic acids is 5. The highest BCUT2D eigenvalue weighted by molar-refractivity contribution is 5.90. The minimum Gasteiger partial charge on any atom is -0.459 e. The molecular formula is C72H72F3NO19. The van der Waals surface area contributed by atoms with Crippen molar-refractivity contribution in [2.45, 2.75) is 126 Å². The number of hydrogen-bond acceptors (Lipinski definition) is 19. The minimum absolute atomic E-state index is 0.0114. The van der Waals surface area contributed by atoms with Gasteiger partial charge in [-0.2, -0.15) is 13.2 Å². The summed E-state index contributed by atoms with van der Waals surface area (Å²) in [5.41, 5.74) is 3.30. The largest absolute Gasteiger partial charge is 0.471 e. The molecular weight excluding hydrogens is 1240 g/mol. The second kappa shape index (κ2) is 34.6. The van der Waals surface area contributed by atoms with Gasteiger partial charge in [0.1, 0.15) is 49.3 Å². The van der Waals surface area contributed by atoms with E-state index in [0.717, 1.165) is 16.7 Å². The Bertz CT molecular complexity index is 3500. The van der Waals surface area contributed by atoms with Crippen molar-refractivity contribution in [2.75, 3.05) is 33.0 Å². The van der Waals surface area contributed by atoms with Crippen LogP contribution in [0.2, 0.25) is 0 Å². The number of halogens is 3. The van der Waals surface area contributed by atoms with Gasteiger partial charge in [0.15, 0.2) is 37.2 Å². The summed E-state index contributed by atoms with van der Waals surface area (Å²) >= 11 is 0. The first-order chi connectivity index (χ1) is 46.2. The van der Waals surface area contributed by atoms with E-state index in [1.165, 1.54) is 43.3 Å². The van der Waals surface area contributed by atoms with Crippen molar-refractivity contribution in [1.82, 2.24) is 5.32 Å². The number of hydrogen-bond donors (Lipinski definition) is 1. The fourth-order valence-corrected chi connectivity index (χ4v) is 10.7. The second-order valence-corrected chi connectivity index (χ2v) is 22.3. The molecule has 0 aromatic heterocycles. The molecule has 95 heavy (non-hydrogen) atoms. The molecule has 1 amide bonds. The van der Waals surface area contributed by atoms with Crippen LogP contribution in [0.15, 0.2) is 212 Å². The highest BCUT2D eigenvalue weighted by Crippen LogP contribution is 2.37. The molecule has 7 unspecified atom stereocenters. The molecule has 7 aromatic rings. The van der Waals surface area contributed by atoms with Crippen LogP contribution in [0.3, 0.4) is 0 Å². The van der Waals surface area contributed by atoms with E-state index in [1.54, 1.807) is 54.6 Å². The topological polar surface area (TPSA) is 227 Å². The van der Waals surface area contributed by atoms with Gasteiger partial charge in [-0.25, -0.2) is 14.4 Å². The van der Waals surface area contributed by atoms with E-state index < -0.39 is 136 Å². The van der Waals surface area contributed by atoms with E-state index in [4.69, 9.17) is 66.3 Å². The summed E-state index contributed by atoms with van der Waals surface area (Å²) in [5.74, 6) is -5.53. The smallest absolute Gasteiger partial charge is 0.459 e. The van der Waals surface area contributed by atoms with E-state index in [9.17, 15) is 37.1 Å². The van der Waals surface area contributed by atoms with Gasteiger partial charge in [-0.1, -0.05) is 176 Å². The predicted octanol–water partition coefficient (Wildman–Crippen LogP) is 9.86. The number of rotatable bonds is 29. The summed E-state index contributed by atoms with van der Waals surface area (Å²) in [7, 11) is 0. The molecule has 0 spiro atoms. The summed E-state index contributed by atoms with van der Waals surface area (Å²) in [6.45, 7) is -0.873. The van der Waals surface area contributed by atoms with Gasteiger partial charge in [-0.15, -0.1) is 0 Å². The average molecular weight is 1310 g/mol. The first-order valence-electron chi connectivity index (χ1n) is 30.9. The van der Waals surface area contributed by atoms with Crippen LogP contribution < -0.4 is 5.32 Å². The van der Waals surface area contributed by atoms with Gasteiger partial charge in [0, 0.05) is 13.5 Å². The minimum atomic E-state index is -5.18. The number of esters is 4. The van der Waals surface area contributed by atoms with Crippen LogP contribution in [0.4, 0.5) is 13.2 Å². The van der Waals surface area contributed by atoms with Gasteiger partial charge in [0.25, 0.3) is 0 Å². The summed E-state index contributed by atoms with van der Waals surface area (Å²) in [5, 5.41) is 1.81. The molecule has 10 rings (SSSR count). The predicted molar refractivity (Wildman–Crippen MR) is 331 cm³/mol. The number of amides is 1. The Labute approximate surface area is 546 Å². The summed E-state index contributed by atoms with van der Waals surface area (Å²) in [6.07, 6.45) is -24.2. The molecule has 13 atom stereocenters. The van der Waals surface area contributed by atoms with Crippen LogP contribution in [0.1, 0.15) is 66.7 Å². The Kier molecular flexibility index (Phi) is 25.2. The normalized spacial score (nSPS) is 24.3. The third-order valence-electron chi connectivity index (χ3n) is 15.5. The zero-order chi connectivity index (χ0) is 66.4. The lowest BCUT2D eigenvalue weighted by Gasteiger charge is -2.49. The molecule has 3 aliphatic rings. The van der Waals surface area contributed by atoms with Crippen LogP contribution in [0.25, 0.3) is 0 Å². The lowest BCUT2D eigenvalue weighted by molar-refractivity contribution is -0.373. The standard InChI is InChI=1S/C72H72F3NO19/c1-47(77)90-58-55(83-40-48-24-9-2-10-25-48)44-88-68(62(58)85-42-50-28-13-4-14-29-50)94-59-56(84-41-49-26-11-3-12-27-49)45-89-69(63(59)86-43-51-30-15-5-16-31-51)95-61-60(92-66(79)53-34-19-7-20-35-53)57(46-87-65(78)52-32-17-6-18-33-52)91-70(82-39-23-38-76-71(81)72(73,74)75)64(61)93-67(80)54-36-21-8-22-37-54/h2-22,24-37,55-64,68-70H,23,38-46H2,1H3,(H,76,81)/t55-,56-,57?,58?,59?,60-,61?,62?,63?,64?,68+,69-,70-/m1/s1. The molecule has 23 heteroatoms. The van der Waals surface area contributed by atoms with Crippen molar-refractivity contribution >= 4 is 29.8 Å². The number of nitrogens with one attached hydrogen (secondary N) is 1. The van der Waals surface area contributed by atoms with Crippen molar-refractivity contribution < 1.29 is 103 Å². The van der Waals surface area contributed by atoms with E-state index in [0.29, 0.717) is 5.56 Å². The molecule has 20 nitrogen and oxygen atoms in total. The third kappa shape index (κ3) is 19.9. The SMILES string of the molecule is CC(=O)OC1C(OCc2ccccc2)[C@H](OC2C(OCc3ccccc3)[C@@H](OC3C(OC(=O)c4ccccc4)[C@H](OCCCNC(=O)C(F)(F)F)OC(COC(=O)c4ccccc4)[C@H]3OC(=O)c3ccccc3)OC[C@H]2OCc2ccccc2)OC[C@H]1OCc1ccccc1. The Morgan fingerprint density at radius 3 is 1.26 bits per heavy atom. The summed E-state index contributed by atoms with van der Waals surface area (Å²) in [4.78, 5) is 68.2. The lowest BCUT2D eigenvalue weighted by Crippen LogP contribution is -2.66. The maximum absolute atomic E-state index is 14.6. The maximum Gasteiger partial charge on any atom is 0.471 e. The van der Waals surface area contributed by atoms with Crippen LogP contribution >= 0.6 is 0 Å². The van der Waals surface area contributed by atoms with Gasteiger partial charge in [-0.05, 0) is 65.1 Å². The lowest BCUT2D eigenvalue weighted by atomic mass is 9.97. The number of alkyl halides is 3. The molecule has 3 heterocycles. The van der Waals surface area contributed by atoms with Crippen molar-refractivity contribution in [3.63, 3.8) is 0 Å². The molecule has 3 fully saturated rings. The summed E-state index contributed by atoms with van der Waals surface area (Å²) in [6, 6.07) is 60.7. The van der Waals surface area contributed by atoms with E-state index in [1.807, 2.05) is 127 Å². The van der Waals surface area contributed by atoms with Crippen LogP contribution in [0.5, 0.6) is 0 Å². The van der Waals surface area contributed by atoms with Crippen molar-refractivity contribution in [1.29, 1.82) is 0 Å².